The summed E-state index contributed by atoms with van der Waals surface area (Å²) >= 11 is 0. The molecular weight excluding hydrogens is 334 g/mol. The van der Waals surface area contributed by atoms with Crippen LogP contribution in [0.2, 0.25) is 0 Å². The molecule has 1 aromatic heterocycles. The van der Waals surface area contributed by atoms with Gasteiger partial charge in [0.05, 0.1) is 13.7 Å². The lowest BCUT2D eigenvalue weighted by Crippen LogP contribution is -2.20. The molecule has 6 nitrogen and oxygen atoms in total. The van der Waals surface area contributed by atoms with Crippen LogP contribution in [0.3, 0.4) is 0 Å². The first-order valence-electron chi connectivity index (χ1n) is 8.27. The topological polar surface area (TPSA) is 77.8 Å². The molecule has 1 heterocycles. The van der Waals surface area contributed by atoms with E-state index in [-0.39, 0.29) is 5.56 Å². The highest BCUT2D eigenvalue weighted by Gasteiger charge is 2.14. The summed E-state index contributed by atoms with van der Waals surface area (Å²) in [5, 5.41) is 3.30. The number of fused-ring (bicyclic) bond motifs is 1. The van der Waals surface area contributed by atoms with Gasteiger partial charge in [0.15, 0.2) is 0 Å². The maximum absolute atomic E-state index is 12.5. The SMILES string of the molecule is CCCOc1ccc(NC(=O)c2cc3cc(OC)ccc3oc2=O)cc1. The Morgan fingerprint density at radius 2 is 1.81 bits per heavy atom. The number of rotatable bonds is 6. The molecule has 0 saturated carbocycles. The Bertz CT molecular complexity index is 976. The van der Waals surface area contributed by atoms with Crippen molar-refractivity contribution in [3.63, 3.8) is 0 Å². The predicted molar refractivity (Wildman–Crippen MR) is 99.2 cm³/mol. The Labute approximate surface area is 150 Å². The third-order valence-corrected chi connectivity index (χ3v) is 3.77. The molecule has 0 spiro atoms. The highest BCUT2D eigenvalue weighted by molar-refractivity contribution is 6.05. The predicted octanol–water partition coefficient (Wildman–Crippen LogP) is 3.84. The van der Waals surface area contributed by atoms with Gasteiger partial charge in [-0.1, -0.05) is 6.92 Å². The fourth-order valence-electron chi connectivity index (χ4n) is 2.44. The summed E-state index contributed by atoms with van der Waals surface area (Å²) in [7, 11) is 1.54. The van der Waals surface area contributed by atoms with Crippen molar-refractivity contribution in [1.82, 2.24) is 0 Å². The summed E-state index contributed by atoms with van der Waals surface area (Å²) in [6, 6.07) is 13.5. The minimum absolute atomic E-state index is 0.0722. The van der Waals surface area contributed by atoms with Crippen LogP contribution >= 0.6 is 0 Å². The Morgan fingerprint density at radius 1 is 1.08 bits per heavy atom. The van der Waals surface area contributed by atoms with E-state index in [1.165, 1.54) is 6.07 Å². The maximum atomic E-state index is 12.5. The Balaban J connectivity index is 1.82. The molecule has 0 aliphatic carbocycles. The second kappa shape index (κ2) is 7.74. The van der Waals surface area contributed by atoms with Crippen LogP contribution in [-0.4, -0.2) is 19.6 Å². The zero-order valence-corrected chi connectivity index (χ0v) is 14.6. The van der Waals surface area contributed by atoms with Crippen molar-refractivity contribution in [2.24, 2.45) is 0 Å². The van der Waals surface area contributed by atoms with E-state index < -0.39 is 11.5 Å². The molecule has 2 aromatic carbocycles. The van der Waals surface area contributed by atoms with Gasteiger partial charge in [-0.2, -0.15) is 0 Å². The van der Waals surface area contributed by atoms with E-state index in [0.29, 0.717) is 29.0 Å². The summed E-state index contributed by atoms with van der Waals surface area (Å²) in [5.74, 6) is 0.799. The van der Waals surface area contributed by atoms with Crippen molar-refractivity contribution in [3.8, 4) is 11.5 Å². The third-order valence-electron chi connectivity index (χ3n) is 3.77. The number of hydrogen-bond acceptors (Lipinski definition) is 5. The standard InChI is InChI=1S/C20H19NO5/c1-3-10-25-15-6-4-14(5-7-15)21-19(22)17-12-13-11-16(24-2)8-9-18(13)26-20(17)23/h4-9,11-12H,3,10H2,1-2H3,(H,21,22). The molecule has 3 rings (SSSR count). The van der Waals surface area contributed by atoms with Crippen molar-refractivity contribution in [2.75, 3.05) is 19.0 Å². The van der Waals surface area contributed by atoms with E-state index in [1.807, 2.05) is 6.92 Å². The summed E-state index contributed by atoms with van der Waals surface area (Å²) < 4.78 is 15.9. The molecule has 1 amide bonds. The smallest absolute Gasteiger partial charge is 0.349 e. The molecule has 0 bridgehead atoms. The van der Waals surface area contributed by atoms with E-state index >= 15 is 0 Å². The molecular formula is C20H19NO5. The molecule has 0 saturated heterocycles. The number of benzene rings is 2. The Morgan fingerprint density at radius 3 is 2.50 bits per heavy atom. The molecule has 0 atom stereocenters. The molecule has 26 heavy (non-hydrogen) atoms. The number of methoxy groups -OCH3 is 1. The number of nitrogens with one attached hydrogen (secondary N) is 1. The molecule has 6 heteroatoms. The molecule has 0 aliphatic heterocycles. The lowest BCUT2D eigenvalue weighted by molar-refractivity contribution is 0.102. The van der Waals surface area contributed by atoms with Crippen LogP contribution < -0.4 is 20.4 Å². The van der Waals surface area contributed by atoms with Gasteiger partial charge in [-0.25, -0.2) is 4.79 Å². The highest BCUT2D eigenvalue weighted by atomic mass is 16.5. The van der Waals surface area contributed by atoms with E-state index in [0.717, 1.165) is 12.2 Å². The zero-order valence-electron chi connectivity index (χ0n) is 14.6. The van der Waals surface area contributed by atoms with Gasteiger partial charge in [-0.15, -0.1) is 0 Å². The van der Waals surface area contributed by atoms with Gasteiger partial charge in [0.2, 0.25) is 0 Å². The molecule has 0 radical (unpaired) electrons. The Hall–Kier alpha value is -3.28. The average Bonchev–Trinajstić information content (AvgIpc) is 2.66. The van der Waals surface area contributed by atoms with Crippen LogP contribution in [-0.2, 0) is 0 Å². The summed E-state index contributed by atoms with van der Waals surface area (Å²) in [6.45, 7) is 2.66. The number of carbonyl (C=O) groups is 1. The minimum Gasteiger partial charge on any atom is -0.497 e. The first-order chi connectivity index (χ1) is 12.6. The van der Waals surface area contributed by atoms with Crippen LogP contribution in [0.1, 0.15) is 23.7 Å². The number of hydrogen-bond donors (Lipinski definition) is 1. The van der Waals surface area contributed by atoms with E-state index in [1.54, 1.807) is 49.6 Å². The van der Waals surface area contributed by atoms with Crippen LogP contribution in [0.25, 0.3) is 11.0 Å². The summed E-state index contributed by atoms with van der Waals surface area (Å²) in [4.78, 5) is 24.6. The quantitative estimate of drug-likeness (QED) is 0.681. The van der Waals surface area contributed by atoms with Crippen molar-refractivity contribution >= 4 is 22.6 Å². The number of anilines is 1. The zero-order chi connectivity index (χ0) is 18.5. The lowest BCUT2D eigenvalue weighted by Gasteiger charge is -2.08. The monoisotopic (exact) mass is 353 g/mol. The first kappa shape index (κ1) is 17.5. The highest BCUT2D eigenvalue weighted by Crippen LogP contribution is 2.21. The van der Waals surface area contributed by atoms with Crippen LogP contribution in [0.15, 0.2) is 57.7 Å². The molecule has 1 N–H and O–H groups in total. The second-order valence-corrected chi connectivity index (χ2v) is 5.68. The van der Waals surface area contributed by atoms with E-state index in [9.17, 15) is 9.59 Å². The van der Waals surface area contributed by atoms with Gasteiger partial charge in [0.1, 0.15) is 22.6 Å². The molecule has 0 aliphatic rings. The van der Waals surface area contributed by atoms with Crippen molar-refractivity contribution in [1.29, 1.82) is 0 Å². The molecule has 0 fully saturated rings. The minimum atomic E-state index is -0.692. The fourth-order valence-corrected chi connectivity index (χ4v) is 2.44. The van der Waals surface area contributed by atoms with Gasteiger partial charge in [-0.05, 0) is 55.0 Å². The lowest BCUT2D eigenvalue weighted by atomic mass is 10.1. The van der Waals surface area contributed by atoms with E-state index in [2.05, 4.69) is 5.32 Å². The molecule has 134 valence electrons. The van der Waals surface area contributed by atoms with Crippen molar-refractivity contribution in [2.45, 2.75) is 13.3 Å². The number of carbonyl (C=O) groups excluding carboxylic acids is 1. The van der Waals surface area contributed by atoms with Gasteiger partial charge in [-0.3, -0.25) is 4.79 Å². The van der Waals surface area contributed by atoms with Crippen LogP contribution in [0, 0.1) is 0 Å². The first-order valence-corrected chi connectivity index (χ1v) is 8.27. The normalized spacial score (nSPS) is 10.5. The van der Waals surface area contributed by atoms with Crippen molar-refractivity contribution < 1.29 is 18.7 Å². The fraction of sp³-hybridized carbons (Fsp3) is 0.200. The van der Waals surface area contributed by atoms with E-state index in [4.69, 9.17) is 13.9 Å². The third kappa shape index (κ3) is 3.85. The van der Waals surface area contributed by atoms with Gasteiger partial charge in [0, 0.05) is 11.1 Å². The molecule has 0 unspecified atom stereocenters. The Kier molecular flexibility index (Phi) is 5.22. The summed E-state index contributed by atoms with van der Waals surface area (Å²) in [5.41, 5.74) is 0.189. The average molecular weight is 353 g/mol. The van der Waals surface area contributed by atoms with Crippen molar-refractivity contribution in [3.05, 3.63) is 64.5 Å². The second-order valence-electron chi connectivity index (χ2n) is 5.68. The maximum Gasteiger partial charge on any atom is 0.349 e. The number of amides is 1. The largest absolute Gasteiger partial charge is 0.497 e. The summed E-state index contributed by atoms with van der Waals surface area (Å²) in [6.07, 6.45) is 0.918. The van der Waals surface area contributed by atoms with Crippen LogP contribution in [0.4, 0.5) is 5.69 Å². The van der Waals surface area contributed by atoms with Gasteiger partial charge < -0.3 is 19.2 Å². The number of ether oxygens (including phenoxy) is 2. The van der Waals surface area contributed by atoms with Crippen LogP contribution in [0.5, 0.6) is 11.5 Å². The van der Waals surface area contributed by atoms with Gasteiger partial charge in [0.25, 0.3) is 5.91 Å². The molecule has 3 aromatic rings. The van der Waals surface area contributed by atoms with Gasteiger partial charge >= 0.3 is 5.63 Å².